The van der Waals surface area contributed by atoms with Crippen LogP contribution in [-0.4, -0.2) is 5.91 Å². The lowest BCUT2D eigenvalue weighted by molar-refractivity contribution is -0.116. The molecule has 0 aliphatic heterocycles. The Labute approximate surface area is 133 Å². The van der Waals surface area contributed by atoms with Gasteiger partial charge in [0.25, 0.3) is 0 Å². The molecule has 0 aliphatic rings. The average Bonchev–Trinajstić information content (AvgIpc) is 2.45. The topological polar surface area (TPSA) is 55.1 Å². The van der Waals surface area contributed by atoms with Crippen molar-refractivity contribution in [1.82, 2.24) is 0 Å². The van der Waals surface area contributed by atoms with E-state index in [0.29, 0.717) is 0 Å². The summed E-state index contributed by atoms with van der Waals surface area (Å²) >= 11 is 3.52. The van der Waals surface area contributed by atoms with Gasteiger partial charge in [-0.3, -0.25) is 4.79 Å². The van der Waals surface area contributed by atoms with E-state index in [-0.39, 0.29) is 18.4 Å². The van der Waals surface area contributed by atoms with E-state index in [1.165, 1.54) is 0 Å². The van der Waals surface area contributed by atoms with Gasteiger partial charge in [-0.2, -0.15) is 0 Å². The summed E-state index contributed by atoms with van der Waals surface area (Å²) in [6.07, 6.45) is 0.262. The minimum atomic E-state index is -0.288. The molecule has 110 valence electrons. The van der Waals surface area contributed by atoms with Gasteiger partial charge < -0.3 is 11.1 Å². The van der Waals surface area contributed by atoms with Crippen LogP contribution in [0.1, 0.15) is 29.2 Å². The first kappa shape index (κ1) is 15.7. The van der Waals surface area contributed by atoms with Gasteiger partial charge in [0.15, 0.2) is 0 Å². The van der Waals surface area contributed by atoms with Crippen LogP contribution >= 0.6 is 15.9 Å². The maximum Gasteiger partial charge on any atom is 0.226 e. The first-order chi connectivity index (χ1) is 9.97. The predicted octanol–water partition coefficient (Wildman–Crippen LogP) is 4.09. The Balaban J connectivity index is 2.02. The number of rotatable bonds is 4. The normalized spacial score (nSPS) is 12.0. The second-order valence-corrected chi connectivity index (χ2v) is 5.99. The molecule has 2 rings (SSSR count). The molecular formula is C17H19BrN2O. The van der Waals surface area contributed by atoms with Gasteiger partial charge in [0, 0.05) is 22.6 Å². The van der Waals surface area contributed by atoms with E-state index in [4.69, 9.17) is 5.73 Å². The van der Waals surface area contributed by atoms with E-state index in [9.17, 15) is 4.79 Å². The van der Waals surface area contributed by atoms with Crippen LogP contribution in [0.2, 0.25) is 0 Å². The molecule has 2 aromatic rings. The molecule has 1 unspecified atom stereocenters. The van der Waals surface area contributed by atoms with E-state index in [2.05, 4.69) is 21.2 Å². The Kier molecular flexibility index (Phi) is 5.15. The molecule has 2 aromatic carbocycles. The summed E-state index contributed by atoms with van der Waals surface area (Å²) in [6.45, 7) is 4.00. The van der Waals surface area contributed by atoms with Gasteiger partial charge in [-0.1, -0.05) is 46.3 Å². The maximum absolute atomic E-state index is 12.1. The first-order valence-corrected chi connectivity index (χ1v) is 7.64. The summed E-state index contributed by atoms with van der Waals surface area (Å²) in [7, 11) is 0. The summed E-state index contributed by atoms with van der Waals surface area (Å²) < 4.78 is 1.07. The number of carbonyl (C=O) groups is 1. The number of anilines is 1. The molecule has 0 bridgehead atoms. The number of nitrogens with two attached hydrogens (primary N) is 1. The highest BCUT2D eigenvalue weighted by Crippen LogP contribution is 2.25. The third kappa shape index (κ3) is 4.16. The Bertz CT molecular complexity index is 617. The van der Waals surface area contributed by atoms with E-state index in [0.717, 1.165) is 26.9 Å². The highest BCUT2D eigenvalue weighted by Gasteiger charge is 2.12. The van der Waals surface area contributed by atoms with Crippen LogP contribution < -0.4 is 11.1 Å². The van der Waals surface area contributed by atoms with Crippen molar-refractivity contribution in [2.75, 3.05) is 5.32 Å². The largest absolute Gasteiger partial charge is 0.326 e. The lowest BCUT2D eigenvalue weighted by Gasteiger charge is -2.13. The molecule has 0 fully saturated rings. The van der Waals surface area contributed by atoms with Gasteiger partial charge in [-0.25, -0.2) is 0 Å². The van der Waals surface area contributed by atoms with Crippen molar-refractivity contribution in [2.24, 2.45) is 5.73 Å². The van der Waals surface area contributed by atoms with E-state index < -0.39 is 0 Å². The highest BCUT2D eigenvalue weighted by atomic mass is 79.9. The summed E-state index contributed by atoms with van der Waals surface area (Å²) in [5.41, 5.74) is 10.0. The fourth-order valence-electron chi connectivity index (χ4n) is 2.25. The Morgan fingerprint density at radius 1 is 1.19 bits per heavy atom. The molecule has 0 saturated carbocycles. The number of carbonyl (C=O) groups excluding carboxylic acids is 1. The van der Waals surface area contributed by atoms with Crippen LogP contribution in [0, 0.1) is 13.8 Å². The van der Waals surface area contributed by atoms with E-state index in [1.54, 1.807) is 0 Å². The van der Waals surface area contributed by atoms with Crippen LogP contribution in [-0.2, 0) is 4.79 Å². The van der Waals surface area contributed by atoms with Crippen molar-refractivity contribution >= 4 is 27.5 Å². The summed E-state index contributed by atoms with van der Waals surface area (Å²) in [5, 5.41) is 2.91. The number of aryl methyl sites for hydroxylation is 2. The van der Waals surface area contributed by atoms with Gasteiger partial charge in [0.1, 0.15) is 0 Å². The van der Waals surface area contributed by atoms with Gasteiger partial charge in [-0.05, 0) is 42.7 Å². The molecule has 4 heteroatoms. The third-order valence-corrected chi connectivity index (χ3v) is 4.60. The van der Waals surface area contributed by atoms with Gasteiger partial charge in [0.2, 0.25) is 5.91 Å². The Morgan fingerprint density at radius 3 is 2.33 bits per heavy atom. The average molecular weight is 347 g/mol. The molecule has 1 atom stereocenters. The molecule has 3 N–H and O–H groups in total. The molecule has 0 heterocycles. The summed E-state index contributed by atoms with van der Waals surface area (Å²) in [4.78, 5) is 12.1. The minimum absolute atomic E-state index is 0.0764. The lowest BCUT2D eigenvalue weighted by Crippen LogP contribution is -2.20. The van der Waals surface area contributed by atoms with Crippen LogP contribution in [0.4, 0.5) is 5.69 Å². The van der Waals surface area contributed by atoms with Crippen LogP contribution in [0.3, 0.4) is 0 Å². The third-order valence-electron chi connectivity index (χ3n) is 3.35. The fourth-order valence-corrected chi connectivity index (χ4v) is 2.48. The van der Waals surface area contributed by atoms with Crippen LogP contribution in [0.5, 0.6) is 0 Å². The second-order valence-electron chi connectivity index (χ2n) is 5.19. The predicted molar refractivity (Wildman–Crippen MR) is 90.2 cm³/mol. The molecule has 0 aromatic heterocycles. The number of benzene rings is 2. The van der Waals surface area contributed by atoms with Crippen molar-refractivity contribution in [2.45, 2.75) is 26.3 Å². The van der Waals surface area contributed by atoms with Gasteiger partial charge >= 0.3 is 0 Å². The van der Waals surface area contributed by atoms with E-state index in [1.807, 2.05) is 56.3 Å². The zero-order chi connectivity index (χ0) is 15.4. The molecule has 21 heavy (non-hydrogen) atoms. The molecular weight excluding hydrogens is 328 g/mol. The Hall–Kier alpha value is -1.65. The molecule has 3 nitrogen and oxygen atoms in total. The number of nitrogens with one attached hydrogen (secondary N) is 1. The van der Waals surface area contributed by atoms with Crippen molar-refractivity contribution in [1.29, 1.82) is 0 Å². The SMILES string of the molecule is Cc1cc(NC(=O)CC(N)c2ccccc2)cc(C)c1Br. The maximum atomic E-state index is 12.1. The zero-order valence-corrected chi connectivity index (χ0v) is 13.8. The minimum Gasteiger partial charge on any atom is -0.326 e. The smallest absolute Gasteiger partial charge is 0.226 e. The summed E-state index contributed by atoms with van der Waals surface area (Å²) in [6, 6.07) is 13.3. The number of hydrogen-bond donors (Lipinski definition) is 2. The van der Waals surface area contributed by atoms with E-state index >= 15 is 0 Å². The summed E-state index contributed by atoms with van der Waals surface area (Å²) in [5.74, 6) is -0.0764. The first-order valence-electron chi connectivity index (χ1n) is 6.84. The van der Waals surface area contributed by atoms with Crippen LogP contribution in [0.15, 0.2) is 46.9 Å². The second kappa shape index (κ2) is 6.87. The number of hydrogen-bond acceptors (Lipinski definition) is 2. The molecule has 1 amide bonds. The Morgan fingerprint density at radius 2 is 1.76 bits per heavy atom. The molecule has 0 radical (unpaired) electrons. The van der Waals surface area contributed by atoms with Gasteiger partial charge in [0.05, 0.1) is 0 Å². The molecule has 0 spiro atoms. The zero-order valence-electron chi connectivity index (χ0n) is 12.2. The fraction of sp³-hybridized carbons (Fsp3) is 0.235. The van der Waals surface area contributed by atoms with Crippen molar-refractivity contribution in [3.63, 3.8) is 0 Å². The molecule has 0 saturated heterocycles. The quantitative estimate of drug-likeness (QED) is 0.875. The lowest BCUT2D eigenvalue weighted by atomic mass is 10.0. The highest BCUT2D eigenvalue weighted by molar-refractivity contribution is 9.10. The number of halogens is 1. The van der Waals surface area contributed by atoms with Crippen LogP contribution in [0.25, 0.3) is 0 Å². The van der Waals surface area contributed by atoms with Crippen molar-refractivity contribution < 1.29 is 4.79 Å². The van der Waals surface area contributed by atoms with Crippen molar-refractivity contribution in [3.8, 4) is 0 Å². The van der Waals surface area contributed by atoms with Gasteiger partial charge in [-0.15, -0.1) is 0 Å². The monoisotopic (exact) mass is 346 g/mol. The number of amides is 1. The van der Waals surface area contributed by atoms with Crippen molar-refractivity contribution in [3.05, 3.63) is 63.6 Å². The standard InChI is InChI=1S/C17H19BrN2O/c1-11-8-14(9-12(2)17(11)18)20-16(21)10-15(19)13-6-4-3-5-7-13/h3-9,15H,10,19H2,1-2H3,(H,20,21). The molecule has 0 aliphatic carbocycles.